The molecule has 0 radical (unpaired) electrons. The summed E-state index contributed by atoms with van der Waals surface area (Å²) in [5.74, 6) is 1.86. The lowest BCUT2D eigenvalue weighted by molar-refractivity contribution is -0.123. The molecular weight excluding hydrogens is 338 g/mol. The van der Waals surface area contributed by atoms with E-state index in [0.717, 1.165) is 40.2 Å². The van der Waals surface area contributed by atoms with Gasteiger partial charge in [-0.15, -0.1) is 0 Å². The maximum atomic E-state index is 12.5. The van der Waals surface area contributed by atoms with Gasteiger partial charge in [-0.1, -0.05) is 45.0 Å². The lowest BCUT2D eigenvalue weighted by Crippen LogP contribution is -2.32. The number of nitrogens with one attached hydrogen (secondary N) is 1. The highest BCUT2D eigenvalue weighted by Crippen LogP contribution is 2.28. The van der Waals surface area contributed by atoms with E-state index >= 15 is 0 Å². The lowest BCUT2D eigenvalue weighted by atomic mass is 10.0. The summed E-state index contributed by atoms with van der Waals surface area (Å²) >= 11 is 0. The van der Waals surface area contributed by atoms with Crippen molar-refractivity contribution in [3.8, 4) is 11.5 Å². The molecule has 0 aliphatic carbocycles. The largest absolute Gasteiger partial charge is 0.496 e. The molecule has 0 unspecified atom stereocenters. The number of carbonyl (C=O) groups excluding carboxylic acids is 1. The van der Waals surface area contributed by atoms with Gasteiger partial charge in [0.2, 0.25) is 0 Å². The Bertz CT molecular complexity index is 783. The molecule has 1 N–H and O–H groups in total. The Balaban J connectivity index is 2.04. The lowest BCUT2D eigenvalue weighted by Gasteiger charge is -2.20. The monoisotopic (exact) mass is 369 g/mol. The van der Waals surface area contributed by atoms with Gasteiger partial charge in [0, 0.05) is 0 Å². The van der Waals surface area contributed by atoms with Gasteiger partial charge in [-0.05, 0) is 60.6 Å². The highest BCUT2D eigenvalue weighted by atomic mass is 16.5. The Kier molecular flexibility index (Phi) is 7.28. The van der Waals surface area contributed by atoms with Crippen LogP contribution in [-0.2, 0) is 4.79 Å². The van der Waals surface area contributed by atoms with E-state index in [1.54, 1.807) is 7.11 Å². The highest BCUT2D eigenvalue weighted by molar-refractivity contribution is 5.78. The summed E-state index contributed by atoms with van der Waals surface area (Å²) in [5, 5.41) is 3.08. The van der Waals surface area contributed by atoms with Crippen molar-refractivity contribution >= 4 is 5.91 Å². The molecule has 146 valence electrons. The zero-order valence-corrected chi connectivity index (χ0v) is 17.3. The molecule has 1 amide bonds. The minimum absolute atomic E-state index is 0.00874. The van der Waals surface area contributed by atoms with E-state index in [1.807, 2.05) is 32.0 Å². The van der Waals surface area contributed by atoms with Gasteiger partial charge in [-0.25, -0.2) is 0 Å². The Morgan fingerprint density at radius 2 is 1.81 bits per heavy atom. The summed E-state index contributed by atoms with van der Waals surface area (Å²) in [5.41, 5.74) is 4.36. The molecule has 0 aliphatic heterocycles. The van der Waals surface area contributed by atoms with Crippen LogP contribution in [0.5, 0.6) is 11.5 Å². The highest BCUT2D eigenvalue weighted by Gasteiger charge is 2.15. The quantitative estimate of drug-likeness (QED) is 0.706. The van der Waals surface area contributed by atoms with Crippen LogP contribution in [0.25, 0.3) is 0 Å². The fourth-order valence-corrected chi connectivity index (χ4v) is 3.16. The van der Waals surface area contributed by atoms with Crippen LogP contribution < -0.4 is 14.8 Å². The molecule has 0 saturated carbocycles. The maximum absolute atomic E-state index is 12.5. The fraction of sp³-hybridized carbons (Fsp3) is 0.435. The number of ether oxygens (including phenoxy) is 2. The molecule has 0 aromatic heterocycles. The molecule has 1 atom stereocenters. The van der Waals surface area contributed by atoms with Gasteiger partial charge in [-0.3, -0.25) is 4.79 Å². The van der Waals surface area contributed by atoms with Crippen LogP contribution in [-0.4, -0.2) is 19.6 Å². The normalized spacial score (nSPS) is 12.0. The minimum atomic E-state index is -0.119. The average Bonchev–Trinajstić information content (AvgIpc) is 2.64. The number of hydrogen-bond acceptors (Lipinski definition) is 3. The number of methoxy groups -OCH3 is 1. The zero-order chi connectivity index (χ0) is 20.0. The van der Waals surface area contributed by atoms with Crippen LogP contribution in [0.15, 0.2) is 36.4 Å². The fourth-order valence-electron chi connectivity index (χ4n) is 3.16. The zero-order valence-electron chi connectivity index (χ0n) is 17.3. The SMILES string of the molecule is CC[C@@H](NC(=O)COc1cc(C)ccc1C(C)C)c1ccc(OC)c(C)c1. The third-order valence-electron chi connectivity index (χ3n) is 4.71. The van der Waals surface area contributed by atoms with E-state index < -0.39 is 0 Å². The summed E-state index contributed by atoms with van der Waals surface area (Å²) < 4.78 is 11.2. The number of hydrogen-bond donors (Lipinski definition) is 1. The minimum Gasteiger partial charge on any atom is -0.496 e. The molecule has 0 bridgehead atoms. The van der Waals surface area contributed by atoms with E-state index in [4.69, 9.17) is 9.47 Å². The molecule has 0 fully saturated rings. The number of rotatable bonds is 8. The van der Waals surface area contributed by atoms with Gasteiger partial charge in [0.05, 0.1) is 13.2 Å². The summed E-state index contributed by atoms with van der Waals surface area (Å²) in [6.07, 6.45) is 0.805. The van der Waals surface area contributed by atoms with E-state index in [0.29, 0.717) is 5.92 Å². The van der Waals surface area contributed by atoms with Crippen LogP contribution in [0.3, 0.4) is 0 Å². The van der Waals surface area contributed by atoms with Crippen molar-refractivity contribution in [3.63, 3.8) is 0 Å². The van der Waals surface area contributed by atoms with Crippen molar-refractivity contribution in [1.82, 2.24) is 5.32 Å². The van der Waals surface area contributed by atoms with Crippen LogP contribution in [0.1, 0.15) is 61.4 Å². The summed E-state index contributed by atoms with van der Waals surface area (Å²) in [6, 6.07) is 12.1. The maximum Gasteiger partial charge on any atom is 0.258 e. The predicted octanol–water partition coefficient (Wildman–Crippen LogP) is 5.08. The molecule has 27 heavy (non-hydrogen) atoms. The molecule has 0 saturated heterocycles. The van der Waals surface area contributed by atoms with Crippen LogP contribution >= 0.6 is 0 Å². The first kappa shape index (κ1) is 20.8. The Hall–Kier alpha value is -2.49. The number of carbonyl (C=O) groups is 1. The van der Waals surface area contributed by atoms with E-state index in [2.05, 4.69) is 44.3 Å². The van der Waals surface area contributed by atoms with Gasteiger partial charge in [0.15, 0.2) is 6.61 Å². The third-order valence-corrected chi connectivity index (χ3v) is 4.71. The average molecular weight is 370 g/mol. The van der Waals surface area contributed by atoms with Gasteiger partial charge in [0.25, 0.3) is 5.91 Å². The molecule has 2 rings (SSSR count). The summed E-state index contributed by atoms with van der Waals surface area (Å²) in [7, 11) is 1.66. The van der Waals surface area contributed by atoms with E-state index in [9.17, 15) is 4.79 Å². The Morgan fingerprint density at radius 3 is 2.41 bits per heavy atom. The standard InChI is InChI=1S/C23H31NO3/c1-7-20(18-9-11-21(26-6)17(5)13-18)24-23(25)14-27-22-12-16(4)8-10-19(22)15(2)3/h8-13,15,20H,7,14H2,1-6H3,(H,24,25)/t20-/m1/s1. The second-order valence-electron chi connectivity index (χ2n) is 7.24. The molecule has 2 aromatic rings. The smallest absolute Gasteiger partial charge is 0.258 e. The second-order valence-corrected chi connectivity index (χ2v) is 7.24. The molecule has 4 nitrogen and oxygen atoms in total. The van der Waals surface area contributed by atoms with Crippen molar-refractivity contribution in [3.05, 3.63) is 58.7 Å². The van der Waals surface area contributed by atoms with Gasteiger partial charge < -0.3 is 14.8 Å². The van der Waals surface area contributed by atoms with Crippen molar-refractivity contribution in [2.75, 3.05) is 13.7 Å². The van der Waals surface area contributed by atoms with Gasteiger partial charge >= 0.3 is 0 Å². The molecule has 0 heterocycles. The molecule has 4 heteroatoms. The van der Waals surface area contributed by atoms with Gasteiger partial charge in [0.1, 0.15) is 11.5 Å². The van der Waals surface area contributed by atoms with Crippen LogP contribution in [0.4, 0.5) is 0 Å². The first-order chi connectivity index (χ1) is 12.8. The number of amides is 1. The number of benzene rings is 2. The molecule has 0 spiro atoms. The Labute approximate surface area is 162 Å². The topological polar surface area (TPSA) is 47.6 Å². The third kappa shape index (κ3) is 5.49. The summed E-state index contributed by atoms with van der Waals surface area (Å²) in [6.45, 7) is 10.3. The predicted molar refractivity (Wildman–Crippen MR) is 110 cm³/mol. The second kappa shape index (κ2) is 9.45. The van der Waals surface area contributed by atoms with E-state index in [1.165, 1.54) is 0 Å². The van der Waals surface area contributed by atoms with Crippen LogP contribution in [0.2, 0.25) is 0 Å². The van der Waals surface area contributed by atoms with Crippen molar-refractivity contribution < 1.29 is 14.3 Å². The van der Waals surface area contributed by atoms with Crippen molar-refractivity contribution in [2.24, 2.45) is 0 Å². The van der Waals surface area contributed by atoms with Crippen molar-refractivity contribution in [2.45, 2.75) is 53.0 Å². The van der Waals surface area contributed by atoms with Crippen LogP contribution in [0, 0.1) is 13.8 Å². The summed E-state index contributed by atoms with van der Waals surface area (Å²) in [4.78, 5) is 12.5. The first-order valence-electron chi connectivity index (χ1n) is 9.52. The Morgan fingerprint density at radius 1 is 1.07 bits per heavy atom. The molecule has 2 aromatic carbocycles. The van der Waals surface area contributed by atoms with Crippen molar-refractivity contribution in [1.29, 1.82) is 0 Å². The van der Waals surface area contributed by atoms with Gasteiger partial charge in [-0.2, -0.15) is 0 Å². The molecular formula is C23H31NO3. The number of aryl methyl sites for hydroxylation is 2. The molecule has 0 aliphatic rings. The first-order valence-corrected chi connectivity index (χ1v) is 9.52. The van der Waals surface area contributed by atoms with E-state index in [-0.39, 0.29) is 18.6 Å².